The van der Waals surface area contributed by atoms with Crippen LogP contribution >= 0.6 is 0 Å². The van der Waals surface area contributed by atoms with Gasteiger partial charge in [-0.15, -0.1) is 0 Å². The Morgan fingerprint density at radius 1 is 1.11 bits per heavy atom. The first-order valence-corrected chi connectivity index (χ1v) is 8.55. The van der Waals surface area contributed by atoms with Gasteiger partial charge in [0.1, 0.15) is 17.9 Å². The van der Waals surface area contributed by atoms with E-state index >= 15 is 0 Å². The minimum Gasteiger partial charge on any atom is -0.480 e. The first-order valence-electron chi connectivity index (χ1n) is 8.55. The van der Waals surface area contributed by atoms with Crippen molar-refractivity contribution in [3.8, 4) is 11.1 Å². The SMILES string of the molecule is CC(C)(C)OC(=O)N[C@H](Cc1ccc(-c2cccc(C=O)c2)cc1)C(=O)O. The number of nitrogens with one attached hydrogen (secondary N) is 1. The molecule has 2 aromatic rings. The highest BCUT2D eigenvalue weighted by molar-refractivity contribution is 5.81. The number of benzene rings is 2. The Bertz CT molecular complexity index is 821. The molecule has 2 N–H and O–H groups in total. The van der Waals surface area contributed by atoms with E-state index in [4.69, 9.17) is 4.74 Å². The van der Waals surface area contributed by atoms with Crippen LogP contribution in [-0.4, -0.2) is 35.1 Å². The van der Waals surface area contributed by atoms with E-state index < -0.39 is 23.7 Å². The van der Waals surface area contributed by atoms with Crippen molar-refractivity contribution in [1.29, 1.82) is 0 Å². The molecule has 0 aromatic heterocycles. The van der Waals surface area contributed by atoms with E-state index in [0.29, 0.717) is 5.56 Å². The standard InChI is InChI=1S/C21H23NO5/c1-21(2,3)27-20(26)22-18(19(24)25)12-14-7-9-16(10-8-14)17-6-4-5-15(11-17)13-23/h4-11,13,18H,12H2,1-3H3,(H,22,26)(H,24,25)/t18-/m1/s1. The smallest absolute Gasteiger partial charge is 0.408 e. The van der Waals surface area contributed by atoms with Crippen LogP contribution in [0.3, 0.4) is 0 Å². The molecule has 6 nitrogen and oxygen atoms in total. The zero-order chi connectivity index (χ0) is 20.0. The molecular weight excluding hydrogens is 346 g/mol. The molecule has 27 heavy (non-hydrogen) atoms. The number of carboxylic acids is 1. The van der Waals surface area contributed by atoms with Crippen LogP contribution in [0.15, 0.2) is 48.5 Å². The molecule has 0 bridgehead atoms. The van der Waals surface area contributed by atoms with Gasteiger partial charge in [0.2, 0.25) is 0 Å². The molecule has 0 spiro atoms. The second-order valence-electron chi connectivity index (χ2n) is 7.18. The summed E-state index contributed by atoms with van der Waals surface area (Å²) in [6.45, 7) is 5.13. The minimum absolute atomic E-state index is 0.128. The van der Waals surface area contributed by atoms with E-state index in [1.54, 1.807) is 51.1 Å². The van der Waals surface area contributed by atoms with E-state index in [0.717, 1.165) is 23.0 Å². The Morgan fingerprint density at radius 2 is 1.78 bits per heavy atom. The highest BCUT2D eigenvalue weighted by Gasteiger charge is 2.24. The second kappa shape index (κ2) is 8.49. The number of rotatable bonds is 6. The van der Waals surface area contributed by atoms with Gasteiger partial charge in [0.25, 0.3) is 0 Å². The molecule has 0 aliphatic rings. The Kier molecular flexibility index (Phi) is 6.34. The fourth-order valence-corrected chi connectivity index (χ4v) is 2.51. The lowest BCUT2D eigenvalue weighted by molar-refractivity contribution is -0.139. The summed E-state index contributed by atoms with van der Waals surface area (Å²) >= 11 is 0. The summed E-state index contributed by atoms with van der Waals surface area (Å²) in [6.07, 6.45) is 0.151. The number of carbonyl (C=O) groups is 3. The van der Waals surface area contributed by atoms with E-state index in [1.807, 2.05) is 18.2 Å². The average molecular weight is 369 g/mol. The summed E-state index contributed by atoms with van der Waals surface area (Å²) < 4.78 is 5.11. The first-order chi connectivity index (χ1) is 12.7. The number of aldehydes is 1. The zero-order valence-corrected chi connectivity index (χ0v) is 15.6. The van der Waals surface area contributed by atoms with Gasteiger partial charge in [0.05, 0.1) is 0 Å². The van der Waals surface area contributed by atoms with Crippen LogP contribution in [0.25, 0.3) is 11.1 Å². The molecule has 0 aliphatic heterocycles. The number of carbonyl (C=O) groups excluding carboxylic acids is 2. The Hall–Kier alpha value is -3.15. The number of carboxylic acid groups (broad SMARTS) is 1. The van der Waals surface area contributed by atoms with E-state index in [2.05, 4.69) is 5.32 Å². The largest absolute Gasteiger partial charge is 0.480 e. The minimum atomic E-state index is -1.14. The molecule has 142 valence electrons. The van der Waals surface area contributed by atoms with E-state index in [9.17, 15) is 19.5 Å². The molecule has 2 rings (SSSR count). The number of hydrogen-bond donors (Lipinski definition) is 2. The van der Waals surface area contributed by atoms with Gasteiger partial charge >= 0.3 is 12.1 Å². The van der Waals surface area contributed by atoms with Crippen molar-refractivity contribution < 1.29 is 24.2 Å². The molecule has 0 unspecified atom stereocenters. The molecule has 0 aliphatic carbocycles. The maximum absolute atomic E-state index is 11.8. The molecular formula is C21H23NO5. The van der Waals surface area contributed by atoms with Crippen LogP contribution in [0.4, 0.5) is 4.79 Å². The van der Waals surface area contributed by atoms with Crippen LogP contribution in [-0.2, 0) is 16.0 Å². The molecule has 0 saturated carbocycles. The van der Waals surface area contributed by atoms with Crippen LogP contribution in [0.1, 0.15) is 36.7 Å². The molecule has 0 radical (unpaired) electrons. The van der Waals surface area contributed by atoms with Crippen molar-refractivity contribution in [2.45, 2.75) is 38.8 Å². The predicted octanol–water partition coefficient (Wildman–Crippen LogP) is 3.69. The lowest BCUT2D eigenvalue weighted by Gasteiger charge is -2.22. The van der Waals surface area contributed by atoms with Crippen molar-refractivity contribution >= 4 is 18.3 Å². The van der Waals surface area contributed by atoms with Crippen LogP contribution in [0.5, 0.6) is 0 Å². The van der Waals surface area contributed by atoms with E-state index in [1.165, 1.54) is 0 Å². The van der Waals surface area contributed by atoms with Crippen LogP contribution in [0.2, 0.25) is 0 Å². The maximum atomic E-state index is 11.8. The Balaban J connectivity index is 2.09. The Labute approximate surface area is 158 Å². The van der Waals surface area contributed by atoms with Crippen molar-refractivity contribution in [3.63, 3.8) is 0 Å². The number of alkyl carbamates (subject to hydrolysis) is 1. The van der Waals surface area contributed by atoms with Gasteiger partial charge < -0.3 is 15.2 Å². The fourth-order valence-electron chi connectivity index (χ4n) is 2.51. The quantitative estimate of drug-likeness (QED) is 0.758. The summed E-state index contributed by atoms with van der Waals surface area (Å²) in [7, 11) is 0. The fraction of sp³-hybridized carbons (Fsp3) is 0.286. The summed E-state index contributed by atoms with van der Waals surface area (Å²) in [5.74, 6) is -1.14. The summed E-state index contributed by atoms with van der Waals surface area (Å²) in [4.78, 5) is 34.2. The Morgan fingerprint density at radius 3 is 2.33 bits per heavy atom. The molecule has 1 atom stereocenters. The molecule has 0 saturated heterocycles. The van der Waals surface area contributed by atoms with Crippen LogP contribution in [0, 0.1) is 0 Å². The third-order valence-corrected chi connectivity index (χ3v) is 3.74. The molecule has 2 aromatic carbocycles. The monoisotopic (exact) mass is 369 g/mol. The highest BCUT2D eigenvalue weighted by atomic mass is 16.6. The highest BCUT2D eigenvalue weighted by Crippen LogP contribution is 2.21. The van der Waals surface area contributed by atoms with E-state index in [-0.39, 0.29) is 6.42 Å². The van der Waals surface area contributed by atoms with Gasteiger partial charge in [-0.1, -0.05) is 42.5 Å². The lowest BCUT2D eigenvalue weighted by Crippen LogP contribution is -2.44. The van der Waals surface area contributed by atoms with Crippen molar-refractivity contribution in [2.24, 2.45) is 0 Å². The third-order valence-electron chi connectivity index (χ3n) is 3.74. The van der Waals surface area contributed by atoms with Crippen molar-refractivity contribution in [1.82, 2.24) is 5.32 Å². The van der Waals surface area contributed by atoms with Gasteiger partial charge in [0, 0.05) is 12.0 Å². The molecule has 6 heteroatoms. The average Bonchev–Trinajstić information content (AvgIpc) is 2.60. The summed E-state index contributed by atoms with van der Waals surface area (Å²) in [5.41, 5.74) is 2.45. The third kappa shape index (κ3) is 6.26. The number of ether oxygens (including phenoxy) is 1. The molecule has 0 fully saturated rings. The van der Waals surface area contributed by atoms with Gasteiger partial charge in [0.15, 0.2) is 0 Å². The summed E-state index contributed by atoms with van der Waals surface area (Å²) in [5, 5.41) is 11.8. The predicted molar refractivity (Wildman–Crippen MR) is 102 cm³/mol. The van der Waals surface area contributed by atoms with Crippen molar-refractivity contribution in [3.05, 3.63) is 59.7 Å². The topological polar surface area (TPSA) is 92.7 Å². The molecule has 0 heterocycles. The number of amides is 1. The normalized spacial score (nSPS) is 12.1. The van der Waals surface area contributed by atoms with Gasteiger partial charge in [-0.2, -0.15) is 0 Å². The van der Waals surface area contributed by atoms with Gasteiger partial charge in [-0.25, -0.2) is 9.59 Å². The number of aliphatic carboxylic acids is 1. The van der Waals surface area contributed by atoms with Gasteiger partial charge in [-0.3, -0.25) is 4.79 Å². The zero-order valence-electron chi connectivity index (χ0n) is 15.6. The molecule has 1 amide bonds. The summed E-state index contributed by atoms with van der Waals surface area (Å²) in [6, 6.07) is 13.4. The van der Waals surface area contributed by atoms with Crippen LogP contribution < -0.4 is 5.32 Å². The second-order valence-corrected chi connectivity index (χ2v) is 7.18. The maximum Gasteiger partial charge on any atom is 0.408 e. The first kappa shape index (κ1) is 20.2. The van der Waals surface area contributed by atoms with Crippen molar-refractivity contribution in [2.75, 3.05) is 0 Å². The lowest BCUT2D eigenvalue weighted by atomic mass is 9.99. The number of hydrogen-bond acceptors (Lipinski definition) is 4. The van der Waals surface area contributed by atoms with Gasteiger partial charge in [-0.05, 0) is 43.5 Å².